The summed E-state index contributed by atoms with van der Waals surface area (Å²) in [4.78, 5) is 12.9. The summed E-state index contributed by atoms with van der Waals surface area (Å²) < 4.78 is 21.8. The molecular formula is C18H20I4O5. The summed E-state index contributed by atoms with van der Waals surface area (Å²) in [5.41, 5.74) is 1.43. The van der Waals surface area contributed by atoms with Crippen LogP contribution in [0.25, 0.3) is 0 Å². The van der Waals surface area contributed by atoms with Crippen LogP contribution in [0, 0.1) is 0 Å². The Morgan fingerprint density at radius 3 is 2.26 bits per heavy atom. The molecule has 0 aliphatic carbocycles. The molecule has 0 bridgehead atoms. The molecule has 0 N–H and O–H groups in total. The molecule has 1 aromatic carbocycles. The third kappa shape index (κ3) is 8.12. The molecule has 0 saturated carbocycles. The van der Waals surface area contributed by atoms with Crippen LogP contribution in [-0.2, 0) is 4.74 Å². The quantitative estimate of drug-likeness (QED) is 0.112. The van der Waals surface area contributed by atoms with Crippen molar-refractivity contribution < 1.29 is 22.1 Å². The van der Waals surface area contributed by atoms with Gasteiger partial charge in [-0.25, -0.2) is 0 Å². The zero-order valence-corrected chi connectivity index (χ0v) is 23.9. The van der Waals surface area contributed by atoms with Crippen molar-refractivity contribution in [2.75, 3.05) is 14.2 Å². The van der Waals surface area contributed by atoms with Gasteiger partial charge in [-0.15, -0.1) is 0 Å². The van der Waals surface area contributed by atoms with E-state index >= 15 is 0 Å². The molecule has 27 heavy (non-hydrogen) atoms. The number of allylic oxidation sites excluding steroid dienone is 2. The number of halogens is 4. The summed E-state index contributed by atoms with van der Waals surface area (Å²) in [6.45, 7) is 3.85. The molecule has 1 unspecified atom stereocenters. The van der Waals surface area contributed by atoms with Crippen molar-refractivity contribution in [2.24, 2.45) is 0 Å². The summed E-state index contributed by atoms with van der Waals surface area (Å²) in [6, 6.07) is 3.34. The highest BCUT2D eigenvalue weighted by Gasteiger charge is 2.27. The highest BCUT2D eigenvalue weighted by molar-refractivity contribution is 14.3. The number of alkyl halides is 3. The van der Waals surface area contributed by atoms with E-state index in [0.29, 0.717) is 22.8 Å². The molecule has 0 heterocycles. The normalized spacial score (nSPS) is 13.6. The molecule has 0 spiro atoms. The van der Waals surface area contributed by atoms with Crippen LogP contribution in [0.1, 0.15) is 30.6 Å². The predicted octanol–water partition coefficient (Wildman–Crippen LogP) is 6.83. The average Bonchev–Trinajstić information content (AvgIpc) is 2.62. The number of ketones is 1. The lowest BCUT2D eigenvalue weighted by Crippen LogP contribution is -2.18. The molecule has 1 aromatic rings. The average molecular weight is 824 g/mol. The Balaban J connectivity index is 3.24. The van der Waals surface area contributed by atoms with Crippen molar-refractivity contribution in [3.63, 3.8) is 0 Å². The van der Waals surface area contributed by atoms with Gasteiger partial charge in [0.25, 0.3) is -0.379 Å². The second kappa shape index (κ2) is 12.4. The smallest absolute Gasteiger partial charge is 0.258 e. The molecule has 150 valence electrons. The Morgan fingerprint density at radius 1 is 1.19 bits per heavy atom. The Bertz CT molecular complexity index is 685. The second-order valence-electron chi connectivity index (χ2n) is 5.27. The van der Waals surface area contributed by atoms with Gasteiger partial charge in [-0.1, -0.05) is 18.2 Å². The van der Waals surface area contributed by atoms with E-state index in [4.69, 9.17) is 17.3 Å². The number of benzene rings is 1. The van der Waals surface area contributed by atoms with Crippen molar-refractivity contribution in [2.45, 2.75) is 26.0 Å². The SMILES string of the molecule is C/C=C\C(=C/C)C(CC(=O)c1cc(OC)c(OC(I)(I)I)c(OI)c1)OC. The van der Waals surface area contributed by atoms with Gasteiger partial charge in [-0.05, 0) is 99.3 Å². The molecule has 0 aromatic heterocycles. The summed E-state index contributed by atoms with van der Waals surface area (Å²) in [7, 11) is 3.13. The van der Waals surface area contributed by atoms with Crippen LogP contribution in [0.4, 0.5) is 0 Å². The number of rotatable bonds is 10. The highest BCUT2D eigenvalue weighted by Crippen LogP contribution is 2.47. The fraction of sp³-hybridized carbons (Fsp3) is 0.389. The maximum absolute atomic E-state index is 12.9. The van der Waals surface area contributed by atoms with E-state index in [1.807, 2.05) is 32.1 Å². The lowest BCUT2D eigenvalue weighted by atomic mass is 9.99. The van der Waals surface area contributed by atoms with Crippen LogP contribution in [0.2, 0.25) is 0 Å². The van der Waals surface area contributed by atoms with E-state index in [1.165, 1.54) is 7.11 Å². The van der Waals surface area contributed by atoms with Crippen LogP contribution >= 0.6 is 90.8 Å². The zero-order chi connectivity index (χ0) is 20.6. The van der Waals surface area contributed by atoms with Gasteiger partial charge in [0.15, 0.2) is 40.3 Å². The monoisotopic (exact) mass is 824 g/mol. The molecule has 0 fully saturated rings. The lowest BCUT2D eigenvalue weighted by Gasteiger charge is -2.21. The number of hydrogen-bond acceptors (Lipinski definition) is 5. The fourth-order valence-electron chi connectivity index (χ4n) is 2.37. The maximum atomic E-state index is 12.9. The van der Waals surface area contributed by atoms with Crippen LogP contribution in [0.3, 0.4) is 0 Å². The summed E-state index contributed by atoms with van der Waals surface area (Å²) in [6.07, 6.45) is 5.70. The lowest BCUT2D eigenvalue weighted by molar-refractivity contribution is 0.0836. The van der Waals surface area contributed by atoms with Gasteiger partial charge in [0.05, 0.1) is 13.2 Å². The number of carbonyl (C=O) groups is 1. The van der Waals surface area contributed by atoms with Crippen LogP contribution in [0.5, 0.6) is 17.2 Å². The Labute approximate surface area is 215 Å². The van der Waals surface area contributed by atoms with E-state index in [2.05, 4.69) is 67.8 Å². The van der Waals surface area contributed by atoms with Crippen LogP contribution in [-0.4, -0.2) is 25.7 Å². The van der Waals surface area contributed by atoms with E-state index in [-0.39, 0.29) is 18.3 Å². The predicted molar refractivity (Wildman–Crippen MR) is 141 cm³/mol. The standard InChI is InChI=1S/C18H20I4O5/c1-5-7-11(6-2)14(24-3)10-13(23)12-8-15(25-4)17(16(9-12)27-22)26-18(19,20)21/h5-9,14H,10H2,1-4H3/b7-5-,11-6+. The topological polar surface area (TPSA) is 54.0 Å². The molecule has 9 heteroatoms. The van der Waals surface area contributed by atoms with E-state index in [0.717, 1.165) is 5.57 Å². The molecule has 1 atom stereocenters. The molecule has 0 aliphatic rings. The third-order valence-electron chi connectivity index (χ3n) is 3.58. The number of carbonyl (C=O) groups excluding carboxylic acids is 1. The maximum Gasteiger partial charge on any atom is 0.258 e. The van der Waals surface area contributed by atoms with Crippen LogP contribution in [0.15, 0.2) is 35.9 Å². The molecule has 0 amide bonds. The number of hydrogen-bond donors (Lipinski definition) is 0. The van der Waals surface area contributed by atoms with Crippen molar-refractivity contribution >= 4 is 96.6 Å². The van der Waals surface area contributed by atoms with Crippen molar-refractivity contribution in [3.05, 3.63) is 41.5 Å². The minimum absolute atomic E-state index is 0.0741. The first kappa shape index (κ1) is 25.7. The first-order valence-electron chi connectivity index (χ1n) is 7.81. The second-order valence-corrected chi connectivity index (χ2v) is 16.5. The number of ether oxygens (including phenoxy) is 3. The largest absolute Gasteiger partial charge is 0.493 e. The Hall–Kier alpha value is 0.650. The van der Waals surface area contributed by atoms with E-state index in [9.17, 15) is 4.79 Å². The Morgan fingerprint density at radius 2 is 1.81 bits per heavy atom. The number of Topliss-reactive ketones (excluding diaryl/α,β-unsaturated/α-hetero) is 1. The summed E-state index contributed by atoms with van der Waals surface area (Å²) in [5.74, 6) is 1.25. The van der Waals surface area contributed by atoms with Gasteiger partial charge < -0.3 is 17.3 Å². The minimum atomic E-state index is -0.523. The first-order valence-corrected chi connectivity index (χ1v) is 11.9. The fourth-order valence-corrected chi connectivity index (χ4v) is 3.36. The van der Waals surface area contributed by atoms with Crippen molar-refractivity contribution in [1.82, 2.24) is 0 Å². The molecule has 1 rings (SSSR count). The van der Waals surface area contributed by atoms with E-state index in [1.54, 1.807) is 42.2 Å². The van der Waals surface area contributed by atoms with Gasteiger partial charge in [-0.2, -0.15) is 0 Å². The van der Waals surface area contributed by atoms with Gasteiger partial charge >= 0.3 is 0 Å². The molecule has 0 saturated heterocycles. The number of methoxy groups -OCH3 is 2. The van der Waals surface area contributed by atoms with Crippen LogP contribution < -0.4 is 12.5 Å². The van der Waals surface area contributed by atoms with Crippen molar-refractivity contribution in [1.29, 1.82) is 0 Å². The summed E-state index contributed by atoms with van der Waals surface area (Å²) in [5, 5.41) is 0. The summed E-state index contributed by atoms with van der Waals surface area (Å²) >= 11 is 8.22. The van der Waals surface area contributed by atoms with Crippen molar-refractivity contribution in [3.8, 4) is 17.2 Å². The van der Waals surface area contributed by atoms with E-state index < -0.39 is -0.379 Å². The molecule has 0 radical (unpaired) electrons. The minimum Gasteiger partial charge on any atom is -0.493 e. The zero-order valence-electron chi connectivity index (χ0n) is 15.2. The highest BCUT2D eigenvalue weighted by atomic mass is 127. The van der Waals surface area contributed by atoms with Gasteiger partial charge in [-0.3, -0.25) is 4.79 Å². The third-order valence-corrected chi connectivity index (χ3v) is 4.72. The molecule has 5 nitrogen and oxygen atoms in total. The van der Waals surface area contributed by atoms with Gasteiger partial charge in [0, 0.05) is 19.1 Å². The molecular weight excluding hydrogens is 804 g/mol. The van der Waals surface area contributed by atoms with Gasteiger partial charge in [0.2, 0.25) is 5.75 Å². The Kier molecular flexibility index (Phi) is 11.8. The molecule has 0 aliphatic heterocycles. The van der Waals surface area contributed by atoms with Gasteiger partial charge in [0.1, 0.15) is 0 Å². The first-order chi connectivity index (χ1) is 12.7.